The van der Waals surface area contributed by atoms with Gasteiger partial charge in [-0.15, -0.1) is 0 Å². The minimum absolute atomic E-state index is 0.0320. The van der Waals surface area contributed by atoms with E-state index in [9.17, 15) is 36.2 Å². The van der Waals surface area contributed by atoms with Gasteiger partial charge in [-0.2, -0.15) is 26.3 Å². The Bertz CT molecular complexity index is 1280. The van der Waals surface area contributed by atoms with E-state index in [1.165, 1.54) is 30.3 Å². The highest BCUT2D eigenvalue weighted by Crippen LogP contribution is 2.47. The first-order valence-electron chi connectivity index (χ1n) is 14.4. The van der Waals surface area contributed by atoms with Gasteiger partial charge < -0.3 is 9.84 Å². The third kappa shape index (κ3) is 5.20. The highest BCUT2D eigenvalue weighted by molar-refractivity contribution is 5.89. The van der Waals surface area contributed by atoms with E-state index >= 15 is 0 Å². The summed E-state index contributed by atoms with van der Waals surface area (Å²) in [7, 11) is 0. The zero-order chi connectivity index (χ0) is 29.9. The molecule has 2 unspecified atom stereocenters. The quantitative estimate of drug-likeness (QED) is 0.390. The van der Waals surface area contributed by atoms with Gasteiger partial charge in [-0.1, -0.05) is 18.2 Å². The fourth-order valence-corrected chi connectivity index (χ4v) is 6.57. The van der Waals surface area contributed by atoms with Gasteiger partial charge in [-0.3, -0.25) is 9.69 Å². The molecule has 0 spiro atoms. The van der Waals surface area contributed by atoms with E-state index in [1.807, 2.05) is 0 Å². The summed E-state index contributed by atoms with van der Waals surface area (Å²) in [6, 6.07) is 4.88. The first-order chi connectivity index (χ1) is 19.0. The van der Waals surface area contributed by atoms with Crippen LogP contribution in [0.25, 0.3) is 10.8 Å². The number of fused-ring (bicyclic) bond motifs is 3. The Hall–Kier alpha value is -2.49. The van der Waals surface area contributed by atoms with Crippen LogP contribution < -0.4 is 4.74 Å². The molecule has 2 aliphatic heterocycles. The van der Waals surface area contributed by atoms with Crippen molar-refractivity contribution < 1.29 is 45.1 Å². The van der Waals surface area contributed by atoms with Crippen LogP contribution in [-0.2, 0) is 11.0 Å². The Balaban J connectivity index is 1.51. The van der Waals surface area contributed by atoms with Crippen molar-refractivity contribution in [1.29, 1.82) is 0 Å². The SMILES string of the molecule is [2H]C([2H])([2H])[C@@H](c1ccc2ccc(OC3CCC(C(F)(F)F)CC3)c(C(F)(F)F)c2c1)N1C2CCC1CC(C(=O)O)C2. The number of carbonyl (C=O) groups is 1. The van der Waals surface area contributed by atoms with Gasteiger partial charge >= 0.3 is 18.3 Å². The Morgan fingerprint density at radius 1 is 1.00 bits per heavy atom. The number of rotatable bonds is 5. The van der Waals surface area contributed by atoms with Crippen molar-refractivity contribution in [2.75, 3.05) is 0 Å². The topological polar surface area (TPSA) is 49.8 Å². The van der Waals surface area contributed by atoms with E-state index in [1.54, 1.807) is 4.90 Å². The van der Waals surface area contributed by atoms with Gasteiger partial charge in [-0.05, 0) is 86.7 Å². The molecule has 1 saturated carbocycles. The van der Waals surface area contributed by atoms with Crippen LogP contribution >= 0.6 is 0 Å². The number of alkyl halides is 6. The van der Waals surface area contributed by atoms with E-state index in [2.05, 4.69) is 0 Å². The van der Waals surface area contributed by atoms with E-state index in [-0.39, 0.29) is 66.9 Å². The van der Waals surface area contributed by atoms with Crippen molar-refractivity contribution in [3.8, 4) is 5.75 Å². The molecular formula is C28H31F6NO3. The second-order valence-electron chi connectivity index (χ2n) is 10.8. The molecule has 2 saturated heterocycles. The maximum Gasteiger partial charge on any atom is 0.420 e. The van der Waals surface area contributed by atoms with E-state index in [0.717, 1.165) is 0 Å². The Morgan fingerprint density at radius 2 is 1.63 bits per heavy atom. The van der Waals surface area contributed by atoms with Gasteiger partial charge in [-0.25, -0.2) is 0 Å². The van der Waals surface area contributed by atoms with Crippen LogP contribution in [0.4, 0.5) is 26.3 Å². The van der Waals surface area contributed by atoms with Gasteiger partial charge in [0.2, 0.25) is 0 Å². The van der Waals surface area contributed by atoms with E-state index in [4.69, 9.17) is 8.85 Å². The molecule has 208 valence electrons. The largest absolute Gasteiger partial charge is 0.490 e. The number of hydrogen-bond donors (Lipinski definition) is 1. The summed E-state index contributed by atoms with van der Waals surface area (Å²) in [4.78, 5) is 13.4. The predicted octanol–water partition coefficient (Wildman–Crippen LogP) is 7.75. The molecule has 2 aromatic carbocycles. The third-order valence-electron chi connectivity index (χ3n) is 8.47. The van der Waals surface area contributed by atoms with Gasteiger partial charge in [0.15, 0.2) is 0 Å². The van der Waals surface area contributed by atoms with Crippen LogP contribution in [-0.4, -0.2) is 40.3 Å². The number of carboxylic acids is 1. The maximum absolute atomic E-state index is 14.5. The highest BCUT2D eigenvalue weighted by atomic mass is 19.4. The summed E-state index contributed by atoms with van der Waals surface area (Å²) in [6.07, 6.45) is -8.81. The van der Waals surface area contributed by atoms with E-state index < -0.39 is 60.5 Å². The van der Waals surface area contributed by atoms with Gasteiger partial charge in [0.25, 0.3) is 0 Å². The van der Waals surface area contributed by atoms with Crippen molar-refractivity contribution in [2.24, 2.45) is 11.8 Å². The monoisotopic (exact) mass is 546 g/mol. The summed E-state index contributed by atoms with van der Waals surface area (Å²) >= 11 is 0. The highest BCUT2D eigenvalue weighted by Gasteiger charge is 2.46. The molecule has 3 aliphatic rings. The lowest BCUT2D eigenvalue weighted by Gasteiger charge is -2.41. The molecular weight excluding hydrogens is 512 g/mol. The minimum Gasteiger partial charge on any atom is -0.490 e. The Morgan fingerprint density at radius 3 is 2.18 bits per heavy atom. The molecule has 3 fully saturated rings. The fourth-order valence-electron chi connectivity index (χ4n) is 6.57. The summed E-state index contributed by atoms with van der Waals surface area (Å²) in [5.74, 6) is -3.53. The Labute approximate surface area is 221 Å². The first kappa shape index (κ1) is 23.4. The number of halogens is 6. The number of benzene rings is 2. The van der Waals surface area contributed by atoms with Crippen LogP contribution in [0.3, 0.4) is 0 Å². The summed E-state index contributed by atoms with van der Waals surface area (Å²) in [5.41, 5.74) is -0.928. The smallest absolute Gasteiger partial charge is 0.420 e. The molecule has 4 nitrogen and oxygen atoms in total. The van der Waals surface area contributed by atoms with Crippen molar-refractivity contribution >= 4 is 16.7 Å². The van der Waals surface area contributed by atoms with Crippen molar-refractivity contribution in [3.05, 3.63) is 41.5 Å². The number of carboxylic acid groups (broad SMARTS) is 1. The molecule has 2 aromatic rings. The Kier molecular flexibility index (Phi) is 6.11. The second-order valence-corrected chi connectivity index (χ2v) is 10.8. The molecule has 0 radical (unpaired) electrons. The third-order valence-corrected chi connectivity index (χ3v) is 8.47. The lowest BCUT2D eigenvalue weighted by molar-refractivity contribution is -0.185. The first-order valence-corrected chi connectivity index (χ1v) is 12.9. The molecule has 3 atom stereocenters. The van der Waals surface area contributed by atoms with Crippen LogP contribution in [0.15, 0.2) is 30.3 Å². The lowest BCUT2D eigenvalue weighted by Crippen LogP contribution is -2.45. The summed E-state index contributed by atoms with van der Waals surface area (Å²) in [5, 5.41) is 9.49. The van der Waals surface area contributed by atoms with Crippen molar-refractivity contribution in [2.45, 2.75) is 94.8 Å². The zero-order valence-electron chi connectivity index (χ0n) is 23.5. The average Bonchev–Trinajstić information content (AvgIpc) is 3.09. The van der Waals surface area contributed by atoms with Gasteiger partial charge in [0, 0.05) is 22.2 Å². The number of hydrogen-bond acceptors (Lipinski definition) is 3. The van der Waals surface area contributed by atoms with Crippen molar-refractivity contribution in [3.63, 3.8) is 0 Å². The number of piperidine rings is 1. The normalized spacial score (nSPS) is 30.9. The molecule has 2 heterocycles. The second kappa shape index (κ2) is 9.92. The fraction of sp³-hybridized carbons (Fsp3) is 0.607. The number of nitrogens with zero attached hydrogens (tertiary/aromatic N) is 1. The van der Waals surface area contributed by atoms with Crippen LogP contribution in [0, 0.1) is 11.8 Å². The van der Waals surface area contributed by atoms with Gasteiger partial charge in [0.1, 0.15) is 11.3 Å². The van der Waals surface area contributed by atoms with Crippen LogP contribution in [0.1, 0.15) is 79.5 Å². The minimum atomic E-state index is -4.88. The number of aliphatic carboxylic acids is 1. The molecule has 38 heavy (non-hydrogen) atoms. The lowest BCUT2D eigenvalue weighted by atomic mass is 9.87. The van der Waals surface area contributed by atoms with E-state index in [0.29, 0.717) is 12.8 Å². The molecule has 1 N–H and O–H groups in total. The standard InChI is InChI=1S/C28H31F6NO3/c1-15(35-20-7-8-21(35)13-18(12-20)26(36)37)17-3-2-16-4-11-24(25(23(16)14-17)28(32,33)34)38-22-9-5-19(6-10-22)27(29,30)31/h2-4,11,14-15,18-22H,5-10,12-13H2,1H3,(H,36,37)/t15-,18?,19?,20?,21?,22?/m0/s1/i1D3. The molecule has 0 amide bonds. The molecule has 5 rings (SSSR count). The molecule has 0 aromatic heterocycles. The van der Waals surface area contributed by atoms with Crippen molar-refractivity contribution in [1.82, 2.24) is 4.90 Å². The summed E-state index contributed by atoms with van der Waals surface area (Å²) in [6.45, 7) is -2.60. The molecule has 10 heteroatoms. The maximum atomic E-state index is 14.5. The zero-order valence-corrected chi connectivity index (χ0v) is 20.5. The van der Waals surface area contributed by atoms with Crippen LogP contribution in [0.2, 0.25) is 0 Å². The van der Waals surface area contributed by atoms with Gasteiger partial charge in [0.05, 0.1) is 17.9 Å². The molecule has 1 aliphatic carbocycles. The molecule has 2 bridgehead atoms. The number of ether oxygens (including phenoxy) is 1. The van der Waals surface area contributed by atoms with Crippen LogP contribution in [0.5, 0.6) is 5.75 Å². The summed E-state index contributed by atoms with van der Waals surface area (Å²) < 4.78 is 113. The predicted molar refractivity (Wildman–Crippen MR) is 129 cm³/mol. The average molecular weight is 547 g/mol.